The van der Waals surface area contributed by atoms with Gasteiger partial charge >= 0.3 is 0 Å². The quantitative estimate of drug-likeness (QED) is 0.721. The van der Waals surface area contributed by atoms with Crippen molar-refractivity contribution in [1.82, 2.24) is 5.32 Å². The molecule has 1 unspecified atom stereocenters. The summed E-state index contributed by atoms with van der Waals surface area (Å²) in [6.07, 6.45) is 1.45. The van der Waals surface area contributed by atoms with E-state index in [1.54, 1.807) is 11.8 Å². The SMILES string of the molecule is CCC(NC(=O)CCSc1ccccc1)c1ccc(C)c(C)c1. The summed E-state index contributed by atoms with van der Waals surface area (Å²) in [6.45, 7) is 6.34. The summed E-state index contributed by atoms with van der Waals surface area (Å²) in [6, 6.07) is 16.7. The summed E-state index contributed by atoms with van der Waals surface area (Å²) < 4.78 is 0. The van der Waals surface area contributed by atoms with Gasteiger partial charge in [0.25, 0.3) is 0 Å². The van der Waals surface area contributed by atoms with Crippen LogP contribution in [0, 0.1) is 13.8 Å². The molecule has 0 bridgehead atoms. The Morgan fingerprint density at radius 2 is 1.83 bits per heavy atom. The van der Waals surface area contributed by atoms with Crippen molar-refractivity contribution in [2.45, 2.75) is 44.6 Å². The van der Waals surface area contributed by atoms with Crippen LogP contribution in [0.1, 0.15) is 42.5 Å². The number of rotatable bonds is 7. The molecule has 1 amide bonds. The maximum Gasteiger partial charge on any atom is 0.221 e. The first-order valence-electron chi connectivity index (χ1n) is 8.14. The van der Waals surface area contributed by atoms with Crippen LogP contribution in [0.15, 0.2) is 53.4 Å². The fourth-order valence-electron chi connectivity index (χ4n) is 2.45. The van der Waals surface area contributed by atoms with E-state index in [0.29, 0.717) is 6.42 Å². The Hall–Kier alpha value is -1.74. The van der Waals surface area contributed by atoms with Crippen molar-refractivity contribution in [1.29, 1.82) is 0 Å². The first-order chi connectivity index (χ1) is 11.1. The van der Waals surface area contributed by atoms with E-state index >= 15 is 0 Å². The van der Waals surface area contributed by atoms with E-state index in [0.717, 1.165) is 12.2 Å². The van der Waals surface area contributed by atoms with Gasteiger partial charge in [0.15, 0.2) is 0 Å². The lowest BCUT2D eigenvalue weighted by molar-refractivity contribution is -0.121. The Labute approximate surface area is 143 Å². The van der Waals surface area contributed by atoms with Gasteiger partial charge in [-0.15, -0.1) is 11.8 Å². The number of carbonyl (C=O) groups excluding carboxylic acids is 1. The number of benzene rings is 2. The number of nitrogens with one attached hydrogen (secondary N) is 1. The molecule has 0 aliphatic carbocycles. The van der Waals surface area contributed by atoms with Gasteiger partial charge in [-0.3, -0.25) is 4.79 Å². The summed E-state index contributed by atoms with van der Waals surface area (Å²) >= 11 is 1.72. The van der Waals surface area contributed by atoms with Gasteiger partial charge in [-0.2, -0.15) is 0 Å². The van der Waals surface area contributed by atoms with Crippen LogP contribution in [0.4, 0.5) is 0 Å². The largest absolute Gasteiger partial charge is 0.349 e. The second-order valence-corrected chi connectivity index (χ2v) is 6.95. The number of amides is 1. The molecule has 0 saturated heterocycles. The number of carbonyl (C=O) groups is 1. The van der Waals surface area contributed by atoms with Gasteiger partial charge in [0.05, 0.1) is 6.04 Å². The van der Waals surface area contributed by atoms with Crippen molar-refractivity contribution in [2.24, 2.45) is 0 Å². The molecule has 2 rings (SSSR count). The van der Waals surface area contributed by atoms with E-state index in [4.69, 9.17) is 0 Å². The second kappa shape index (κ2) is 8.78. The highest BCUT2D eigenvalue weighted by atomic mass is 32.2. The van der Waals surface area contributed by atoms with E-state index in [9.17, 15) is 4.79 Å². The highest BCUT2D eigenvalue weighted by Gasteiger charge is 2.13. The number of hydrogen-bond acceptors (Lipinski definition) is 2. The molecule has 1 atom stereocenters. The highest BCUT2D eigenvalue weighted by molar-refractivity contribution is 7.99. The van der Waals surface area contributed by atoms with Gasteiger partial charge < -0.3 is 5.32 Å². The molecule has 0 saturated carbocycles. The van der Waals surface area contributed by atoms with E-state index < -0.39 is 0 Å². The summed E-state index contributed by atoms with van der Waals surface area (Å²) in [7, 11) is 0. The summed E-state index contributed by atoms with van der Waals surface area (Å²) in [5.41, 5.74) is 3.75. The van der Waals surface area contributed by atoms with Crippen LogP contribution in [0.5, 0.6) is 0 Å². The summed E-state index contributed by atoms with van der Waals surface area (Å²) in [5.74, 6) is 0.928. The standard InChI is InChI=1S/C20H25NOS/c1-4-19(17-11-10-15(2)16(3)14-17)21-20(22)12-13-23-18-8-6-5-7-9-18/h5-11,14,19H,4,12-13H2,1-3H3,(H,21,22). The third-order valence-corrected chi connectivity index (χ3v) is 5.03. The third-order valence-electron chi connectivity index (χ3n) is 4.02. The molecule has 122 valence electrons. The predicted molar refractivity (Wildman–Crippen MR) is 98.9 cm³/mol. The monoisotopic (exact) mass is 327 g/mol. The molecule has 23 heavy (non-hydrogen) atoms. The molecule has 2 aromatic rings. The average Bonchev–Trinajstić information content (AvgIpc) is 2.56. The molecule has 0 aliphatic rings. The molecule has 0 spiro atoms. The molecule has 3 heteroatoms. The zero-order valence-electron chi connectivity index (χ0n) is 14.1. The molecular weight excluding hydrogens is 302 g/mol. The van der Waals surface area contributed by atoms with Gasteiger partial charge in [0.2, 0.25) is 5.91 Å². The van der Waals surface area contributed by atoms with Crippen LogP contribution in [0.25, 0.3) is 0 Å². The van der Waals surface area contributed by atoms with Crippen molar-refractivity contribution in [3.8, 4) is 0 Å². The molecule has 0 aliphatic heterocycles. The smallest absolute Gasteiger partial charge is 0.221 e. The van der Waals surface area contributed by atoms with Crippen molar-refractivity contribution >= 4 is 17.7 Å². The Bertz CT molecular complexity index is 639. The zero-order valence-corrected chi connectivity index (χ0v) is 15.0. The van der Waals surface area contributed by atoms with Crippen molar-refractivity contribution in [3.63, 3.8) is 0 Å². The molecule has 0 aromatic heterocycles. The molecule has 2 aromatic carbocycles. The minimum Gasteiger partial charge on any atom is -0.349 e. The van der Waals surface area contributed by atoms with E-state index in [1.165, 1.54) is 21.6 Å². The first kappa shape index (κ1) is 17.6. The summed E-state index contributed by atoms with van der Waals surface area (Å²) in [5, 5.41) is 3.16. The normalized spacial score (nSPS) is 12.0. The molecule has 2 nitrogen and oxygen atoms in total. The molecule has 0 heterocycles. The van der Waals surface area contributed by atoms with E-state index in [2.05, 4.69) is 56.4 Å². The molecule has 1 N–H and O–H groups in total. The first-order valence-corrected chi connectivity index (χ1v) is 9.13. The minimum absolute atomic E-state index is 0.100. The van der Waals surface area contributed by atoms with Crippen LogP contribution in [0.3, 0.4) is 0 Å². The van der Waals surface area contributed by atoms with Crippen LogP contribution in [-0.4, -0.2) is 11.7 Å². The van der Waals surface area contributed by atoms with Crippen molar-refractivity contribution in [3.05, 3.63) is 65.2 Å². The maximum atomic E-state index is 12.2. The second-order valence-electron chi connectivity index (χ2n) is 5.78. The zero-order chi connectivity index (χ0) is 16.7. The predicted octanol–water partition coefficient (Wildman–Crippen LogP) is 5.05. The fourth-order valence-corrected chi connectivity index (χ4v) is 3.32. The Morgan fingerprint density at radius 1 is 1.09 bits per heavy atom. The lowest BCUT2D eigenvalue weighted by atomic mass is 9.99. The van der Waals surface area contributed by atoms with Crippen molar-refractivity contribution < 1.29 is 4.79 Å². The number of hydrogen-bond donors (Lipinski definition) is 1. The Morgan fingerprint density at radius 3 is 2.48 bits per heavy atom. The topological polar surface area (TPSA) is 29.1 Å². The minimum atomic E-state index is 0.100. The van der Waals surface area contributed by atoms with Crippen LogP contribution < -0.4 is 5.32 Å². The van der Waals surface area contributed by atoms with Gasteiger partial charge in [-0.05, 0) is 49.1 Å². The molecule has 0 fully saturated rings. The van der Waals surface area contributed by atoms with Crippen LogP contribution in [-0.2, 0) is 4.79 Å². The van der Waals surface area contributed by atoms with Crippen LogP contribution in [0.2, 0.25) is 0 Å². The third kappa shape index (κ3) is 5.43. The van der Waals surface area contributed by atoms with Gasteiger partial charge in [0, 0.05) is 17.1 Å². The lowest BCUT2D eigenvalue weighted by Gasteiger charge is -2.18. The van der Waals surface area contributed by atoms with Gasteiger partial charge in [0.1, 0.15) is 0 Å². The Kier molecular flexibility index (Phi) is 6.72. The molecular formula is C20H25NOS. The van der Waals surface area contributed by atoms with Crippen LogP contribution >= 0.6 is 11.8 Å². The lowest BCUT2D eigenvalue weighted by Crippen LogP contribution is -2.28. The van der Waals surface area contributed by atoms with E-state index in [1.807, 2.05) is 18.2 Å². The van der Waals surface area contributed by atoms with Gasteiger partial charge in [-0.1, -0.05) is 43.3 Å². The Balaban J connectivity index is 1.85. The number of aryl methyl sites for hydroxylation is 2. The van der Waals surface area contributed by atoms with Gasteiger partial charge in [-0.25, -0.2) is 0 Å². The maximum absolute atomic E-state index is 12.2. The summed E-state index contributed by atoms with van der Waals surface area (Å²) in [4.78, 5) is 13.4. The average molecular weight is 327 g/mol. The number of thioether (sulfide) groups is 1. The molecule has 0 radical (unpaired) electrons. The van der Waals surface area contributed by atoms with Crippen molar-refractivity contribution in [2.75, 3.05) is 5.75 Å². The van der Waals surface area contributed by atoms with E-state index in [-0.39, 0.29) is 11.9 Å². The highest BCUT2D eigenvalue weighted by Crippen LogP contribution is 2.21. The fraction of sp³-hybridized carbons (Fsp3) is 0.350.